The van der Waals surface area contributed by atoms with Gasteiger partial charge in [-0.05, 0) is 48.5 Å². The Morgan fingerprint density at radius 1 is 1.00 bits per heavy atom. The molecule has 0 bridgehead atoms. The fraction of sp³-hybridized carbons (Fsp3) is 0.0833. The van der Waals surface area contributed by atoms with Gasteiger partial charge in [0.25, 0.3) is 5.91 Å². The summed E-state index contributed by atoms with van der Waals surface area (Å²) in [4.78, 5) is 25.5. The lowest BCUT2D eigenvalue weighted by Crippen LogP contribution is -2.19. The van der Waals surface area contributed by atoms with Crippen molar-refractivity contribution in [3.05, 3.63) is 89.7 Å². The predicted molar refractivity (Wildman–Crippen MR) is 133 cm³/mol. The first kappa shape index (κ1) is 23.3. The normalized spacial score (nSPS) is 10.5. The number of para-hydroxylation sites is 3. The van der Waals surface area contributed by atoms with Crippen LogP contribution in [-0.4, -0.2) is 39.4 Å². The molecule has 172 valence electrons. The minimum atomic E-state index is -0.346. The van der Waals surface area contributed by atoms with Crippen LogP contribution in [0.3, 0.4) is 0 Å². The van der Waals surface area contributed by atoms with Gasteiger partial charge in [0.2, 0.25) is 5.91 Å². The summed E-state index contributed by atoms with van der Waals surface area (Å²) in [7, 11) is 1.59. The molecule has 4 aromatic rings. The highest BCUT2D eigenvalue weighted by Crippen LogP contribution is 2.27. The topological polar surface area (TPSA) is 98.1 Å². The van der Waals surface area contributed by atoms with Gasteiger partial charge >= 0.3 is 0 Å². The molecule has 0 aliphatic rings. The number of benzene rings is 3. The van der Waals surface area contributed by atoms with E-state index < -0.39 is 0 Å². The fourth-order valence-corrected chi connectivity index (χ4v) is 4.00. The van der Waals surface area contributed by atoms with E-state index in [4.69, 9.17) is 16.3 Å². The van der Waals surface area contributed by atoms with Crippen molar-refractivity contribution in [1.29, 1.82) is 0 Å². The molecule has 0 saturated heterocycles. The van der Waals surface area contributed by atoms with Crippen molar-refractivity contribution in [2.75, 3.05) is 23.5 Å². The zero-order valence-corrected chi connectivity index (χ0v) is 19.6. The number of ether oxygens (including phenoxy) is 1. The van der Waals surface area contributed by atoms with Gasteiger partial charge in [-0.15, -0.1) is 10.2 Å². The third kappa shape index (κ3) is 5.56. The van der Waals surface area contributed by atoms with Crippen LogP contribution in [0.4, 0.5) is 11.4 Å². The van der Waals surface area contributed by atoms with E-state index in [1.165, 1.54) is 11.8 Å². The van der Waals surface area contributed by atoms with Crippen molar-refractivity contribution in [3.63, 3.8) is 0 Å². The Morgan fingerprint density at radius 2 is 1.74 bits per heavy atom. The van der Waals surface area contributed by atoms with Crippen LogP contribution >= 0.6 is 23.4 Å². The Morgan fingerprint density at radius 3 is 2.53 bits per heavy atom. The Labute approximate surface area is 205 Å². The molecule has 0 fully saturated rings. The second-order valence-corrected chi connectivity index (χ2v) is 8.38. The zero-order valence-electron chi connectivity index (χ0n) is 18.1. The van der Waals surface area contributed by atoms with Gasteiger partial charge in [-0.3, -0.25) is 14.2 Å². The second kappa shape index (κ2) is 10.9. The minimum Gasteiger partial charge on any atom is -0.495 e. The molecule has 0 unspecified atom stereocenters. The van der Waals surface area contributed by atoms with E-state index in [-0.39, 0.29) is 17.6 Å². The number of rotatable bonds is 8. The van der Waals surface area contributed by atoms with Crippen molar-refractivity contribution >= 4 is 46.6 Å². The van der Waals surface area contributed by atoms with E-state index in [0.717, 1.165) is 5.69 Å². The molecule has 2 amide bonds. The first-order valence-corrected chi connectivity index (χ1v) is 11.5. The summed E-state index contributed by atoms with van der Waals surface area (Å²) < 4.78 is 7.16. The number of nitrogens with zero attached hydrogens (tertiary/aromatic N) is 3. The lowest BCUT2D eigenvalue weighted by Gasteiger charge is -2.12. The molecule has 3 aromatic carbocycles. The summed E-state index contributed by atoms with van der Waals surface area (Å²) in [5.41, 5.74) is 2.11. The highest BCUT2D eigenvalue weighted by atomic mass is 35.5. The van der Waals surface area contributed by atoms with Crippen molar-refractivity contribution in [1.82, 2.24) is 14.8 Å². The summed E-state index contributed by atoms with van der Waals surface area (Å²) in [5, 5.41) is 14.8. The number of hydrogen-bond acceptors (Lipinski definition) is 6. The second-order valence-electron chi connectivity index (χ2n) is 7.00. The maximum Gasteiger partial charge on any atom is 0.257 e. The van der Waals surface area contributed by atoms with Crippen LogP contribution in [0.15, 0.2) is 84.3 Å². The number of aromatic nitrogens is 3. The van der Waals surface area contributed by atoms with Crippen LogP contribution in [0, 0.1) is 0 Å². The molecular weight excluding hydrogens is 474 g/mol. The minimum absolute atomic E-state index is 0.0704. The molecule has 0 aliphatic carbocycles. The first-order valence-electron chi connectivity index (χ1n) is 10.2. The van der Waals surface area contributed by atoms with Crippen LogP contribution in [0.5, 0.6) is 5.75 Å². The van der Waals surface area contributed by atoms with Gasteiger partial charge in [0, 0.05) is 10.7 Å². The number of halogens is 1. The molecule has 0 spiro atoms. The van der Waals surface area contributed by atoms with E-state index in [1.807, 2.05) is 24.3 Å². The molecule has 2 N–H and O–H groups in total. The molecule has 1 aromatic heterocycles. The van der Waals surface area contributed by atoms with Gasteiger partial charge in [-0.25, -0.2) is 0 Å². The smallest absolute Gasteiger partial charge is 0.257 e. The van der Waals surface area contributed by atoms with Crippen LogP contribution in [-0.2, 0) is 4.79 Å². The number of carbonyl (C=O) groups is 2. The van der Waals surface area contributed by atoms with Crippen molar-refractivity contribution < 1.29 is 14.3 Å². The maximum atomic E-state index is 12.8. The summed E-state index contributed by atoms with van der Waals surface area (Å²) in [6.45, 7) is 0. The molecule has 0 saturated carbocycles. The molecular formula is C24H20ClN5O3S. The maximum absolute atomic E-state index is 12.8. The summed E-state index contributed by atoms with van der Waals surface area (Å²) in [6.07, 6.45) is 1.56. The average molecular weight is 494 g/mol. The third-order valence-electron chi connectivity index (χ3n) is 4.74. The standard InChI is InChI=1S/C24H20ClN5O3S/c1-33-21-9-5-4-8-20(21)30-15-26-29-24(30)34-14-22(31)28-19-7-3-2-6-18(19)23(32)27-17-12-10-16(25)11-13-17/h2-13,15H,14H2,1H3,(H,27,32)(H,28,31). The number of amides is 2. The number of methoxy groups -OCH3 is 1. The number of carbonyl (C=O) groups excluding carboxylic acids is 2. The Bertz CT molecular complexity index is 1310. The van der Waals surface area contributed by atoms with E-state index in [2.05, 4.69) is 20.8 Å². The van der Waals surface area contributed by atoms with Gasteiger partial charge in [-0.2, -0.15) is 0 Å². The largest absolute Gasteiger partial charge is 0.495 e. The van der Waals surface area contributed by atoms with Crippen LogP contribution in [0.25, 0.3) is 5.69 Å². The highest BCUT2D eigenvalue weighted by Gasteiger charge is 2.16. The predicted octanol–water partition coefficient (Wildman–Crippen LogP) is 4.91. The molecule has 4 rings (SSSR count). The van der Waals surface area contributed by atoms with Crippen LogP contribution in [0.2, 0.25) is 5.02 Å². The molecule has 8 nitrogen and oxygen atoms in total. The quantitative estimate of drug-likeness (QED) is 0.338. The van der Waals surface area contributed by atoms with Crippen molar-refractivity contribution in [3.8, 4) is 11.4 Å². The van der Waals surface area contributed by atoms with E-state index in [9.17, 15) is 9.59 Å². The fourth-order valence-electron chi connectivity index (χ4n) is 3.16. The van der Waals surface area contributed by atoms with E-state index >= 15 is 0 Å². The third-order valence-corrected chi connectivity index (χ3v) is 5.94. The molecule has 34 heavy (non-hydrogen) atoms. The highest BCUT2D eigenvalue weighted by molar-refractivity contribution is 7.99. The Hall–Kier alpha value is -3.82. The molecule has 0 aliphatic heterocycles. The van der Waals surface area contributed by atoms with Gasteiger partial charge in [0.05, 0.1) is 29.8 Å². The SMILES string of the molecule is COc1ccccc1-n1cnnc1SCC(=O)Nc1ccccc1C(=O)Nc1ccc(Cl)cc1. The number of thioether (sulfide) groups is 1. The summed E-state index contributed by atoms with van der Waals surface area (Å²) in [5.74, 6) is 0.100. The number of anilines is 2. The average Bonchev–Trinajstić information content (AvgIpc) is 3.33. The summed E-state index contributed by atoms with van der Waals surface area (Å²) in [6, 6.07) is 21.0. The monoisotopic (exact) mass is 493 g/mol. The Kier molecular flexibility index (Phi) is 7.46. The number of nitrogens with one attached hydrogen (secondary N) is 2. The molecule has 0 atom stereocenters. The zero-order chi connectivity index (χ0) is 23.9. The lowest BCUT2D eigenvalue weighted by atomic mass is 10.1. The molecule has 10 heteroatoms. The van der Waals surface area contributed by atoms with Crippen LogP contribution in [0.1, 0.15) is 10.4 Å². The van der Waals surface area contributed by atoms with Gasteiger partial charge in [-0.1, -0.05) is 47.6 Å². The molecule has 1 heterocycles. The van der Waals surface area contributed by atoms with Gasteiger partial charge in [0.15, 0.2) is 5.16 Å². The first-order chi connectivity index (χ1) is 16.5. The van der Waals surface area contributed by atoms with Gasteiger partial charge in [0.1, 0.15) is 12.1 Å². The van der Waals surface area contributed by atoms with Crippen LogP contribution < -0.4 is 15.4 Å². The van der Waals surface area contributed by atoms with Crippen molar-refractivity contribution in [2.45, 2.75) is 5.16 Å². The van der Waals surface area contributed by atoms with E-state index in [0.29, 0.717) is 32.9 Å². The molecule has 0 radical (unpaired) electrons. The summed E-state index contributed by atoms with van der Waals surface area (Å²) >= 11 is 7.12. The number of hydrogen-bond donors (Lipinski definition) is 2. The Balaban J connectivity index is 1.43. The van der Waals surface area contributed by atoms with E-state index in [1.54, 1.807) is 66.5 Å². The van der Waals surface area contributed by atoms with Crippen molar-refractivity contribution in [2.24, 2.45) is 0 Å². The lowest BCUT2D eigenvalue weighted by molar-refractivity contribution is -0.113. The van der Waals surface area contributed by atoms with Gasteiger partial charge < -0.3 is 15.4 Å².